The van der Waals surface area contributed by atoms with E-state index in [1.165, 1.54) is 45.0 Å². The molecule has 0 radical (unpaired) electrons. The van der Waals surface area contributed by atoms with Crippen LogP contribution >= 0.6 is 0 Å². The van der Waals surface area contributed by atoms with Crippen LogP contribution in [0.25, 0.3) is 100 Å². The maximum Gasteiger partial charge on any atom is 0.238 e. The Labute approximate surface area is 379 Å². The van der Waals surface area contributed by atoms with Gasteiger partial charge in [0.2, 0.25) is 5.95 Å². The standard InChI is InChI=1S/C60H49N5/c1-38-37-59(2,3)50-32-31-44(34-51(50)60(38,4)5)43-21-16-22-45(33-43)64-52-25-14-12-23-46(52)48-35-49-47-24-13-15-26-53(47)65(55(49)36-54(48)64)58-62-56(41-19-10-7-11-20-41)61-57(63-58)42-29-27-40(28-30-42)39-17-8-6-9-18-39/h6-36,38H,37H2,1-5H3. The molecule has 8 aromatic carbocycles. The van der Waals surface area contributed by atoms with Crippen LogP contribution in [0.2, 0.25) is 0 Å². The zero-order chi connectivity index (χ0) is 44.0. The Morgan fingerprint density at radius 3 is 1.58 bits per heavy atom. The number of benzene rings is 8. The Kier molecular flexibility index (Phi) is 8.83. The van der Waals surface area contributed by atoms with Crippen molar-refractivity contribution in [1.29, 1.82) is 0 Å². The van der Waals surface area contributed by atoms with Crippen LogP contribution in [-0.4, -0.2) is 24.1 Å². The number of hydrogen-bond donors (Lipinski definition) is 0. The summed E-state index contributed by atoms with van der Waals surface area (Å²) in [6, 6.07) is 67.6. The number of hydrogen-bond acceptors (Lipinski definition) is 3. The monoisotopic (exact) mass is 839 g/mol. The van der Waals surface area contributed by atoms with Gasteiger partial charge in [0.05, 0.1) is 22.1 Å². The number of nitrogens with zero attached hydrogens (tertiary/aromatic N) is 5. The van der Waals surface area contributed by atoms with E-state index in [2.05, 4.69) is 208 Å². The van der Waals surface area contributed by atoms with E-state index in [9.17, 15) is 0 Å². The molecule has 11 aromatic rings. The highest BCUT2D eigenvalue weighted by Gasteiger charge is 2.42. The molecule has 12 rings (SSSR count). The zero-order valence-corrected chi connectivity index (χ0v) is 37.4. The average Bonchev–Trinajstić information content (AvgIpc) is 3.85. The van der Waals surface area contributed by atoms with Gasteiger partial charge in [0, 0.05) is 38.4 Å². The molecule has 1 aliphatic carbocycles. The number of para-hydroxylation sites is 2. The van der Waals surface area contributed by atoms with Gasteiger partial charge < -0.3 is 4.57 Å². The summed E-state index contributed by atoms with van der Waals surface area (Å²) in [5, 5.41) is 4.71. The third-order valence-electron chi connectivity index (χ3n) is 14.5. The van der Waals surface area contributed by atoms with E-state index in [1.54, 1.807) is 0 Å². The Morgan fingerprint density at radius 1 is 0.400 bits per heavy atom. The predicted octanol–water partition coefficient (Wildman–Crippen LogP) is 15.3. The van der Waals surface area contributed by atoms with Crippen LogP contribution in [0, 0.1) is 5.92 Å². The molecule has 0 N–H and O–H groups in total. The Hall–Kier alpha value is -7.63. The van der Waals surface area contributed by atoms with Crippen LogP contribution in [0.5, 0.6) is 0 Å². The summed E-state index contributed by atoms with van der Waals surface area (Å²) >= 11 is 0. The van der Waals surface area contributed by atoms with Crippen LogP contribution in [-0.2, 0) is 10.8 Å². The highest BCUT2D eigenvalue weighted by atomic mass is 15.2. The molecular formula is C60H49N5. The zero-order valence-electron chi connectivity index (χ0n) is 37.4. The molecule has 5 nitrogen and oxygen atoms in total. The lowest BCUT2D eigenvalue weighted by atomic mass is 9.58. The Balaban J connectivity index is 1.07. The van der Waals surface area contributed by atoms with Crippen LogP contribution in [0.15, 0.2) is 188 Å². The van der Waals surface area contributed by atoms with E-state index in [4.69, 9.17) is 15.0 Å². The second-order valence-electron chi connectivity index (χ2n) is 19.2. The normalized spacial score (nSPS) is 15.5. The molecule has 0 amide bonds. The van der Waals surface area contributed by atoms with E-state index < -0.39 is 0 Å². The first-order chi connectivity index (χ1) is 31.6. The van der Waals surface area contributed by atoms with Crippen LogP contribution in [0.3, 0.4) is 0 Å². The fraction of sp³-hybridized carbons (Fsp3) is 0.150. The van der Waals surface area contributed by atoms with Gasteiger partial charge in [-0.25, -0.2) is 4.98 Å². The Bertz CT molecular complexity index is 3630. The molecular weight excluding hydrogens is 791 g/mol. The fourth-order valence-corrected chi connectivity index (χ4v) is 10.7. The summed E-state index contributed by atoms with van der Waals surface area (Å²) in [6.45, 7) is 12.1. The summed E-state index contributed by atoms with van der Waals surface area (Å²) in [7, 11) is 0. The molecule has 0 aliphatic heterocycles. The quantitative estimate of drug-likeness (QED) is 0.168. The van der Waals surface area contributed by atoms with Gasteiger partial charge in [-0.1, -0.05) is 186 Å². The van der Waals surface area contributed by atoms with E-state index in [-0.39, 0.29) is 10.8 Å². The molecule has 0 saturated heterocycles. The molecule has 3 aromatic heterocycles. The third-order valence-corrected chi connectivity index (χ3v) is 14.5. The van der Waals surface area contributed by atoms with E-state index in [1.807, 2.05) is 24.3 Å². The molecule has 0 spiro atoms. The van der Waals surface area contributed by atoms with Gasteiger partial charge in [0.25, 0.3) is 0 Å². The van der Waals surface area contributed by atoms with Crippen molar-refractivity contribution in [2.45, 2.75) is 51.9 Å². The minimum atomic E-state index is 0.0866. The number of fused-ring (bicyclic) bond motifs is 7. The maximum atomic E-state index is 5.31. The first kappa shape index (κ1) is 39.0. The van der Waals surface area contributed by atoms with E-state index >= 15 is 0 Å². The number of rotatable bonds is 6. The molecule has 65 heavy (non-hydrogen) atoms. The molecule has 5 heteroatoms. The lowest BCUT2D eigenvalue weighted by molar-refractivity contribution is 0.233. The van der Waals surface area contributed by atoms with Gasteiger partial charge in [-0.2, -0.15) is 9.97 Å². The number of aromatic nitrogens is 5. The molecule has 1 unspecified atom stereocenters. The molecule has 314 valence electrons. The minimum Gasteiger partial charge on any atom is -0.309 e. The minimum absolute atomic E-state index is 0.0866. The maximum absolute atomic E-state index is 5.31. The smallest absolute Gasteiger partial charge is 0.238 e. The van der Waals surface area contributed by atoms with Crippen molar-refractivity contribution in [2.75, 3.05) is 0 Å². The summed E-state index contributed by atoms with van der Waals surface area (Å²) in [5.41, 5.74) is 15.3. The summed E-state index contributed by atoms with van der Waals surface area (Å²) in [6.07, 6.45) is 1.19. The third kappa shape index (κ3) is 6.32. The summed E-state index contributed by atoms with van der Waals surface area (Å²) < 4.78 is 4.67. The van der Waals surface area contributed by atoms with Crippen LogP contribution in [0.4, 0.5) is 0 Å². The fourth-order valence-electron chi connectivity index (χ4n) is 10.7. The van der Waals surface area contributed by atoms with E-state index in [0.717, 1.165) is 55.2 Å². The van der Waals surface area contributed by atoms with Gasteiger partial charge in [-0.05, 0) is 92.9 Å². The lowest BCUT2D eigenvalue weighted by Crippen LogP contribution is -2.40. The van der Waals surface area contributed by atoms with Crippen LogP contribution < -0.4 is 0 Å². The Morgan fingerprint density at radius 2 is 0.908 bits per heavy atom. The molecule has 0 fully saturated rings. The predicted molar refractivity (Wildman–Crippen MR) is 270 cm³/mol. The molecule has 1 atom stereocenters. The average molecular weight is 840 g/mol. The second kappa shape index (κ2) is 14.7. The van der Waals surface area contributed by atoms with Crippen molar-refractivity contribution >= 4 is 43.6 Å². The molecule has 0 saturated carbocycles. The topological polar surface area (TPSA) is 48.5 Å². The van der Waals surface area contributed by atoms with Gasteiger partial charge in [0.1, 0.15) is 0 Å². The first-order valence-corrected chi connectivity index (χ1v) is 22.8. The van der Waals surface area contributed by atoms with Crippen molar-refractivity contribution in [2.24, 2.45) is 5.92 Å². The van der Waals surface area contributed by atoms with Gasteiger partial charge in [0.15, 0.2) is 11.6 Å². The first-order valence-electron chi connectivity index (χ1n) is 22.8. The van der Waals surface area contributed by atoms with Gasteiger partial charge >= 0.3 is 0 Å². The van der Waals surface area contributed by atoms with Crippen LogP contribution in [0.1, 0.15) is 52.2 Å². The van der Waals surface area contributed by atoms with Crippen molar-refractivity contribution in [1.82, 2.24) is 24.1 Å². The van der Waals surface area contributed by atoms with Crippen molar-refractivity contribution in [3.63, 3.8) is 0 Å². The second-order valence-corrected chi connectivity index (χ2v) is 19.2. The summed E-state index contributed by atoms with van der Waals surface area (Å²) in [5.74, 6) is 2.40. The van der Waals surface area contributed by atoms with E-state index in [0.29, 0.717) is 23.5 Å². The molecule has 1 aliphatic rings. The highest BCUT2D eigenvalue weighted by molar-refractivity contribution is 6.19. The van der Waals surface area contributed by atoms with Crippen molar-refractivity contribution < 1.29 is 0 Å². The van der Waals surface area contributed by atoms with Crippen molar-refractivity contribution in [3.8, 4) is 56.7 Å². The molecule has 0 bridgehead atoms. The highest BCUT2D eigenvalue weighted by Crippen LogP contribution is 2.50. The van der Waals surface area contributed by atoms with Gasteiger partial charge in [-0.3, -0.25) is 4.57 Å². The van der Waals surface area contributed by atoms with Gasteiger partial charge in [-0.15, -0.1) is 0 Å². The SMILES string of the molecule is CC1CC(C)(C)c2ccc(-c3cccc(-n4c5ccccc5c5cc6c7ccccc7n(-c7nc(-c8ccccc8)nc(-c8ccc(-c9ccccc9)cc8)n7)c6cc54)c3)cc2C1(C)C. The summed E-state index contributed by atoms with van der Waals surface area (Å²) in [4.78, 5) is 15.7. The largest absolute Gasteiger partial charge is 0.309 e. The van der Waals surface area contributed by atoms with Crippen molar-refractivity contribution in [3.05, 3.63) is 199 Å². The lowest BCUT2D eigenvalue weighted by Gasteiger charge is -2.46. The molecule has 3 heterocycles.